The van der Waals surface area contributed by atoms with Gasteiger partial charge < -0.3 is 25.2 Å². The number of rotatable bonds is 5. The van der Waals surface area contributed by atoms with Gasteiger partial charge in [0.1, 0.15) is 35.2 Å². The molecule has 0 saturated carbocycles. The normalized spacial score (nSPS) is 19.9. The molecule has 2 aliphatic heterocycles. The van der Waals surface area contributed by atoms with Crippen molar-refractivity contribution in [1.29, 1.82) is 5.26 Å². The minimum Gasteiger partial charge on any atom is -0.508 e. The van der Waals surface area contributed by atoms with E-state index in [2.05, 4.69) is 16.4 Å². The zero-order valence-corrected chi connectivity index (χ0v) is 22.4. The summed E-state index contributed by atoms with van der Waals surface area (Å²) in [6.45, 7) is -0.0576. The number of amides is 3. The first-order valence-corrected chi connectivity index (χ1v) is 13.2. The lowest BCUT2D eigenvalue weighted by Crippen LogP contribution is -2.52. The van der Waals surface area contributed by atoms with Crippen LogP contribution >= 0.6 is 0 Å². The Kier molecular flexibility index (Phi) is 6.41. The maximum Gasteiger partial charge on any atom is 0.270 e. The number of aromatic hydroxyl groups is 1. The van der Waals surface area contributed by atoms with E-state index < -0.39 is 40.9 Å². The van der Waals surface area contributed by atoms with Gasteiger partial charge in [0.2, 0.25) is 11.8 Å². The highest BCUT2D eigenvalue weighted by atomic mass is 19.1. The van der Waals surface area contributed by atoms with Crippen molar-refractivity contribution in [3.8, 4) is 11.8 Å². The summed E-state index contributed by atoms with van der Waals surface area (Å²) in [6.07, 6.45) is 0.115. The number of carbonyl (C=O) groups is 3. The van der Waals surface area contributed by atoms with Gasteiger partial charge in [0.25, 0.3) is 5.91 Å². The van der Waals surface area contributed by atoms with Gasteiger partial charge >= 0.3 is 0 Å². The van der Waals surface area contributed by atoms with E-state index in [1.165, 1.54) is 35.0 Å². The summed E-state index contributed by atoms with van der Waals surface area (Å²) >= 11 is 0. The summed E-state index contributed by atoms with van der Waals surface area (Å²) in [7, 11) is 1.42. The molecule has 4 aromatic rings. The maximum absolute atomic E-state index is 14.4. The van der Waals surface area contributed by atoms with Crippen LogP contribution in [0.3, 0.4) is 0 Å². The molecule has 3 N–H and O–H groups in total. The quantitative estimate of drug-likeness (QED) is 0.336. The number of carbonyl (C=O) groups excluding carboxylic acids is 3. The predicted molar refractivity (Wildman–Crippen MR) is 148 cm³/mol. The Bertz CT molecular complexity index is 1800. The second-order valence-corrected chi connectivity index (χ2v) is 10.7. The average Bonchev–Trinajstić information content (AvgIpc) is 3.66. The molecular formula is C31H25F2N5O4. The Morgan fingerprint density at radius 3 is 2.64 bits per heavy atom. The minimum absolute atomic E-state index is 0.0199. The molecule has 3 amide bonds. The lowest BCUT2D eigenvalue weighted by molar-refractivity contribution is -0.136. The third kappa shape index (κ3) is 4.32. The number of nitrogens with one attached hydrogen (secondary N) is 2. The van der Waals surface area contributed by atoms with E-state index in [4.69, 9.17) is 0 Å². The van der Waals surface area contributed by atoms with E-state index in [1.54, 1.807) is 36.4 Å². The number of hydrogen-bond donors (Lipinski definition) is 3. The number of aromatic amines is 1. The molecule has 212 valence electrons. The van der Waals surface area contributed by atoms with Gasteiger partial charge in [0.05, 0.1) is 17.0 Å². The first-order chi connectivity index (χ1) is 20.1. The number of benzene rings is 3. The number of phenolic OH excluding ortho intramolecular Hbond substituents is 1. The second kappa shape index (κ2) is 9.99. The molecule has 0 unspecified atom stereocenters. The lowest BCUT2D eigenvalue weighted by Gasteiger charge is -2.32. The first kappa shape index (κ1) is 27.0. The molecule has 3 heterocycles. The fourth-order valence-corrected chi connectivity index (χ4v) is 6.03. The highest BCUT2D eigenvalue weighted by Crippen LogP contribution is 2.46. The number of halogens is 2. The van der Waals surface area contributed by atoms with Crippen LogP contribution in [-0.2, 0) is 21.4 Å². The molecule has 3 atom stereocenters. The van der Waals surface area contributed by atoms with E-state index in [-0.39, 0.29) is 47.6 Å². The molecule has 9 nitrogen and oxygen atoms in total. The summed E-state index contributed by atoms with van der Waals surface area (Å²) in [5.41, 5.74) is 0.877. The summed E-state index contributed by atoms with van der Waals surface area (Å²) in [4.78, 5) is 46.4. The summed E-state index contributed by atoms with van der Waals surface area (Å²) < 4.78 is 28.2. The largest absolute Gasteiger partial charge is 0.508 e. The monoisotopic (exact) mass is 569 g/mol. The third-order valence-corrected chi connectivity index (χ3v) is 8.24. The number of nitriles is 1. The number of fused-ring (bicyclic) bond motifs is 3. The van der Waals surface area contributed by atoms with E-state index in [9.17, 15) is 33.5 Å². The SMILES string of the molecule is CN(C(=O)c1cc2c(F)cc(F)cc2[nH]1)[C@@H](Cc1ccc(O)cc1)C(=O)N1C[C@]2(C[C@H]1C#N)C(=O)Nc1ccccc12. The van der Waals surface area contributed by atoms with Crippen LogP contribution in [0.15, 0.2) is 66.7 Å². The summed E-state index contributed by atoms with van der Waals surface area (Å²) in [6, 6.07) is 16.4. The number of likely N-dealkylation sites (tertiary alicyclic amines) is 1. The molecular weight excluding hydrogens is 544 g/mol. The van der Waals surface area contributed by atoms with Crippen molar-refractivity contribution in [2.75, 3.05) is 18.9 Å². The van der Waals surface area contributed by atoms with Crippen molar-refractivity contribution in [2.24, 2.45) is 0 Å². The lowest BCUT2D eigenvalue weighted by atomic mass is 9.80. The molecule has 3 aromatic carbocycles. The fourth-order valence-electron chi connectivity index (χ4n) is 6.03. The predicted octanol–water partition coefficient (Wildman–Crippen LogP) is 3.85. The molecule has 0 radical (unpaired) electrons. The molecule has 11 heteroatoms. The zero-order chi connectivity index (χ0) is 29.8. The van der Waals surface area contributed by atoms with Crippen molar-refractivity contribution in [3.63, 3.8) is 0 Å². The number of phenols is 1. The Morgan fingerprint density at radius 2 is 1.90 bits per heavy atom. The van der Waals surface area contributed by atoms with Crippen LogP contribution in [0, 0.1) is 23.0 Å². The Morgan fingerprint density at radius 1 is 1.17 bits per heavy atom. The Balaban J connectivity index is 1.36. The summed E-state index contributed by atoms with van der Waals surface area (Å²) in [5.74, 6) is -3.13. The Labute approximate surface area is 239 Å². The van der Waals surface area contributed by atoms with Gasteiger partial charge in [-0.05, 0) is 41.5 Å². The number of aromatic nitrogens is 1. The van der Waals surface area contributed by atoms with Crippen molar-refractivity contribution >= 4 is 34.3 Å². The number of anilines is 1. The standard InChI is InChI=1S/C31H25F2N5O4/c1-37(28(40)26-13-21-23(33)11-18(32)12-25(21)35-26)27(10-17-6-8-20(39)9-7-17)29(41)38-16-31(14-19(38)15-34)22-4-2-3-5-24(22)36-30(31)42/h2-9,11-13,19,27,35,39H,10,14,16H2,1H3,(H,36,42)/t19-,27-,31-/m0/s1. The molecule has 2 aliphatic rings. The van der Waals surface area contributed by atoms with Gasteiger partial charge in [-0.2, -0.15) is 5.26 Å². The number of H-pyrrole nitrogens is 1. The van der Waals surface area contributed by atoms with Crippen LogP contribution < -0.4 is 5.32 Å². The minimum atomic E-state index is -1.14. The van der Waals surface area contributed by atoms with Gasteiger partial charge in [0.15, 0.2) is 0 Å². The number of para-hydroxylation sites is 1. The number of hydrogen-bond acceptors (Lipinski definition) is 5. The van der Waals surface area contributed by atoms with Crippen molar-refractivity contribution < 1.29 is 28.3 Å². The molecule has 42 heavy (non-hydrogen) atoms. The Hall–Kier alpha value is -5.24. The van der Waals surface area contributed by atoms with Gasteiger partial charge in [-0.25, -0.2) is 8.78 Å². The molecule has 1 saturated heterocycles. The molecule has 1 aromatic heterocycles. The van der Waals surface area contributed by atoms with Crippen LogP contribution in [-0.4, -0.2) is 63.3 Å². The molecule has 1 spiro atoms. The fraction of sp³-hybridized carbons (Fsp3) is 0.226. The molecule has 6 rings (SSSR count). The number of likely N-dealkylation sites (N-methyl/N-ethyl adjacent to an activating group) is 1. The van der Waals surface area contributed by atoms with Gasteiger partial charge in [-0.15, -0.1) is 0 Å². The van der Waals surface area contributed by atoms with Crippen LogP contribution in [0.1, 0.15) is 28.0 Å². The van der Waals surface area contributed by atoms with Crippen molar-refractivity contribution in [3.05, 3.63) is 95.2 Å². The van der Waals surface area contributed by atoms with E-state index in [0.29, 0.717) is 22.9 Å². The van der Waals surface area contributed by atoms with Crippen molar-refractivity contribution in [1.82, 2.24) is 14.8 Å². The molecule has 0 bridgehead atoms. The highest BCUT2D eigenvalue weighted by Gasteiger charge is 2.56. The third-order valence-electron chi connectivity index (χ3n) is 8.24. The van der Waals surface area contributed by atoms with Crippen molar-refractivity contribution in [2.45, 2.75) is 30.3 Å². The van der Waals surface area contributed by atoms with Gasteiger partial charge in [0, 0.05) is 43.6 Å². The highest BCUT2D eigenvalue weighted by molar-refractivity contribution is 6.07. The van der Waals surface area contributed by atoms with Crippen LogP contribution in [0.5, 0.6) is 5.75 Å². The average molecular weight is 570 g/mol. The smallest absolute Gasteiger partial charge is 0.270 e. The first-order valence-electron chi connectivity index (χ1n) is 13.2. The van der Waals surface area contributed by atoms with Gasteiger partial charge in [-0.1, -0.05) is 30.3 Å². The summed E-state index contributed by atoms with van der Waals surface area (Å²) in [5, 5.41) is 22.7. The van der Waals surface area contributed by atoms with Crippen LogP contribution in [0.4, 0.5) is 14.5 Å². The van der Waals surface area contributed by atoms with Gasteiger partial charge in [-0.3, -0.25) is 14.4 Å². The molecule has 1 fully saturated rings. The van der Waals surface area contributed by atoms with E-state index in [0.717, 1.165) is 6.07 Å². The van der Waals surface area contributed by atoms with Crippen LogP contribution in [0.2, 0.25) is 0 Å². The topological polar surface area (TPSA) is 130 Å². The van der Waals surface area contributed by atoms with Crippen LogP contribution in [0.25, 0.3) is 10.9 Å². The number of nitrogens with zero attached hydrogens (tertiary/aromatic N) is 3. The second-order valence-electron chi connectivity index (χ2n) is 10.7. The zero-order valence-electron chi connectivity index (χ0n) is 22.4. The van der Waals surface area contributed by atoms with E-state index >= 15 is 0 Å². The van der Waals surface area contributed by atoms with E-state index in [1.807, 2.05) is 0 Å². The molecule has 0 aliphatic carbocycles. The maximum atomic E-state index is 14.4.